The fraction of sp³-hybridized carbons (Fsp3) is 0.235. The first-order valence-corrected chi connectivity index (χ1v) is 7.64. The summed E-state index contributed by atoms with van der Waals surface area (Å²) in [5.74, 6) is -0.388. The normalized spacial score (nSPS) is 11.7. The van der Waals surface area contributed by atoms with E-state index in [4.69, 9.17) is 4.74 Å². The van der Waals surface area contributed by atoms with E-state index in [0.717, 1.165) is 15.7 Å². The summed E-state index contributed by atoms with van der Waals surface area (Å²) in [6.07, 6.45) is 0. The molecule has 2 rings (SSSR count). The van der Waals surface area contributed by atoms with Crippen molar-refractivity contribution < 1.29 is 9.53 Å². The summed E-state index contributed by atoms with van der Waals surface area (Å²) in [5.41, 5.74) is 1.99. The van der Waals surface area contributed by atoms with Crippen LogP contribution >= 0.6 is 15.9 Å². The number of hydrogen-bond acceptors (Lipinski definition) is 3. The van der Waals surface area contributed by atoms with Crippen LogP contribution in [-0.2, 0) is 16.1 Å². The van der Waals surface area contributed by atoms with Gasteiger partial charge in [-0.1, -0.05) is 53.2 Å². The molecule has 0 heterocycles. The van der Waals surface area contributed by atoms with Gasteiger partial charge in [0.1, 0.15) is 6.61 Å². The monoisotopic (exact) mass is 347 g/mol. The van der Waals surface area contributed by atoms with Crippen LogP contribution in [0, 0.1) is 5.92 Å². The van der Waals surface area contributed by atoms with Crippen LogP contribution < -0.4 is 5.32 Å². The molecule has 110 valence electrons. The number of ether oxygens (including phenoxy) is 1. The van der Waals surface area contributed by atoms with Crippen LogP contribution in [0.25, 0.3) is 0 Å². The van der Waals surface area contributed by atoms with Gasteiger partial charge in [-0.15, -0.1) is 0 Å². The Kier molecular flexibility index (Phi) is 5.81. The lowest BCUT2D eigenvalue weighted by atomic mass is 10.2. The minimum absolute atomic E-state index is 0.191. The van der Waals surface area contributed by atoms with E-state index >= 15 is 0 Å². The van der Waals surface area contributed by atoms with Crippen LogP contribution in [0.5, 0.6) is 0 Å². The Hall–Kier alpha value is -1.81. The molecule has 4 heteroatoms. The number of carbonyl (C=O) groups is 1. The quantitative estimate of drug-likeness (QED) is 0.794. The fourth-order valence-corrected chi connectivity index (χ4v) is 2.06. The number of anilines is 1. The lowest BCUT2D eigenvalue weighted by Gasteiger charge is -2.13. The van der Waals surface area contributed by atoms with Gasteiger partial charge in [0.05, 0.1) is 5.92 Å². The van der Waals surface area contributed by atoms with E-state index in [2.05, 4.69) is 21.2 Å². The van der Waals surface area contributed by atoms with Crippen molar-refractivity contribution in [2.24, 2.45) is 5.92 Å². The molecule has 1 atom stereocenters. The maximum Gasteiger partial charge on any atom is 0.310 e. The zero-order valence-corrected chi connectivity index (χ0v) is 13.5. The highest BCUT2D eigenvalue weighted by molar-refractivity contribution is 9.10. The molecule has 2 aromatic rings. The van der Waals surface area contributed by atoms with Crippen LogP contribution in [0.15, 0.2) is 59.1 Å². The van der Waals surface area contributed by atoms with Gasteiger partial charge in [0.2, 0.25) is 0 Å². The van der Waals surface area contributed by atoms with E-state index in [9.17, 15) is 4.79 Å². The number of esters is 1. The number of nitrogens with one attached hydrogen (secondary N) is 1. The van der Waals surface area contributed by atoms with E-state index in [1.54, 1.807) is 0 Å². The van der Waals surface area contributed by atoms with E-state index in [1.807, 2.05) is 61.5 Å². The van der Waals surface area contributed by atoms with Crippen molar-refractivity contribution in [2.45, 2.75) is 13.5 Å². The van der Waals surface area contributed by atoms with Crippen molar-refractivity contribution in [2.75, 3.05) is 11.9 Å². The predicted octanol–water partition coefficient (Wildman–Crippen LogP) is 4.24. The molecule has 2 aromatic carbocycles. The number of benzene rings is 2. The van der Waals surface area contributed by atoms with Crippen molar-refractivity contribution in [3.63, 3.8) is 0 Å². The van der Waals surface area contributed by atoms with Crippen LogP contribution in [0.3, 0.4) is 0 Å². The third kappa shape index (κ3) is 5.23. The summed E-state index contributed by atoms with van der Waals surface area (Å²) in [5, 5.41) is 3.23. The second-order valence-electron chi connectivity index (χ2n) is 4.88. The van der Waals surface area contributed by atoms with Crippen LogP contribution in [0.4, 0.5) is 5.69 Å². The lowest BCUT2D eigenvalue weighted by molar-refractivity contribution is -0.148. The Labute approximate surface area is 133 Å². The first kappa shape index (κ1) is 15.6. The topological polar surface area (TPSA) is 38.3 Å². The van der Waals surface area contributed by atoms with Gasteiger partial charge in [0.15, 0.2) is 0 Å². The van der Waals surface area contributed by atoms with Crippen LogP contribution in [0.1, 0.15) is 12.5 Å². The summed E-state index contributed by atoms with van der Waals surface area (Å²) in [4.78, 5) is 11.9. The molecule has 0 radical (unpaired) electrons. The second-order valence-corrected chi connectivity index (χ2v) is 5.80. The average Bonchev–Trinajstić information content (AvgIpc) is 2.52. The van der Waals surface area contributed by atoms with E-state index in [0.29, 0.717) is 13.2 Å². The lowest BCUT2D eigenvalue weighted by Crippen LogP contribution is -2.22. The van der Waals surface area contributed by atoms with E-state index < -0.39 is 0 Å². The fourth-order valence-electron chi connectivity index (χ4n) is 1.79. The summed E-state index contributed by atoms with van der Waals surface area (Å²) < 4.78 is 6.34. The van der Waals surface area contributed by atoms with Crippen molar-refractivity contribution in [3.05, 3.63) is 64.6 Å². The Balaban J connectivity index is 1.76. The Bertz CT molecular complexity index is 569. The molecule has 0 saturated heterocycles. The molecule has 0 aromatic heterocycles. The van der Waals surface area contributed by atoms with Gasteiger partial charge >= 0.3 is 5.97 Å². The summed E-state index contributed by atoms with van der Waals surface area (Å²) in [7, 11) is 0. The zero-order chi connectivity index (χ0) is 15.1. The highest BCUT2D eigenvalue weighted by Gasteiger charge is 2.14. The molecule has 0 fully saturated rings. The van der Waals surface area contributed by atoms with Crippen molar-refractivity contribution >= 4 is 27.6 Å². The summed E-state index contributed by atoms with van der Waals surface area (Å²) in [6.45, 7) is 2.73. The SMILES string of the molecule is CC(CNc1ccc(Br)cc1)C(=O)OCc1ccccc1. The molecule has 0 bridgehead atoms. The largest absolute Gasteiger partial charge is 0.461 e. The molecule has 0 aliphatic carbocycles. The van der Waals surface area contributed by atoms with Gasteiger partial charge in [-0.2, -0.15) is 0 Å². The smallest absolute Gasteiger partial charge is 0.310 e. The number of halogens is 1. The minimum atomic E-state index is -0.197. The number of rotatable bonds is 6. The molecule has 1 N–H and O–H groups in total. The number of hydrogen-bond donors (Lipinski definition) is 1. The third-order valence-electron chi connectivity index (χ3n) is 3.08. The van der Waals surface area contributed by atoms with Crippen LogP contribution in [0.2, 0.25) is 0 Å². The van der Waals surface area contributed by atoms with Gasteiger partial charge in [-0.3, -0.25) is 4.79 Å². The summed E-state index contributed by atoms with van der Waals surface area (Å²) >= 11 is 3.39. The molecular weight excluding hydrogens is 330 g/mol. The zero-order valence-electron chi connectivity index (χ0n) is 11.9. The predicted molar refractivity (Wildman–Crippen MR) is 88.0 cm³/mol. The molecule has 0 amide bonds. The number of carbonyl (C=O) groups excluding carboxylic acids is 1. The van der Waals surface area contributed by atoms with Gasteiger partial charge in [-0.05, 0) is 29.8 Å². The maximum absolute atomic E-state index is 11.9. The Morgan fingerprint density at radius 1 is 1.14 bits per heavy atom. The van der Waals surface area contributed by atoms with E-state index in [1.165, 1.54) is 0 Å². The maximum atomic E-state index is 11.9. The molecular formula is C17H18BrNO2. The average molecular weight is 348 g/mol. The van der Waals surface area contributed by atoms with Gasteiger partial charge in [0, 0.05) is 16.7 Å². The van der Waals surface area contributed by atoms with Crippen LogP contribution in [-0.4, -0.2) is 12.5 Å². The first-order chi connectivity index (χ1) is 10.1. The van der Waals surface area contributed by atoms with Crippen molar-refractivity contribution in [3.8, 4) is 0 Å². The van der Waals surface area contributed by atoms with Crippen molar-refractivity contribution in [1.82, 2.24) is 0 Å². The highest BCUT2D eigenvalue weighted by Crippen LogP contribution is 2.14. The Morgan fingerprint density at radius 2 is 1.81 bits per heavy atom. The third-order valence-corrected chi connectivity index (χ3v) is 3.61. The molecule has 3 nitrogen and oxygen atoms in total. The molecule has 0 aliphatic rings. The first-order valence-electron chi connectivity index (χ1n) is 6.85. The van der Waals surface area contributed by atoms with Gasteiger partial charge in [-0.25, -0.2) is 0 Å². The molecule has 21 heavy (non-hydrogen) atoms. The molecule has 0 aliphatic heterocycles. The van der Waals surface area contributed by atoms with Crippen molar-refractivity contribution in [1.29, 1.82) is 0 Å². The van der Waals surface area contributed by atoms with E-state index in [-0.39, 0.29) is 11.9 Å². The van der Waals surface area contributed by atoms with Gasteiger partial charge in [0.25, 0.3) is 0 Å². The molecule has 1 unspecified atom stereocenters. The minimum Gasteiger partial charge on any atom is -0.461 e. The standard InChI is InChI=1S/C17H18BrNO2/c1-13(11-19-16-9-7-15(18)8-10-16)17(20)21-12-14-5-3-2-4-6-14/h2-10,13,19H,11-12H2,1H3. The highest BCUT2D eigenvalue weighted by atomic mass is 79.9. The van der Waals surface area contributed by atoms with Gasteiger partial charge < -0.3 is 10.1 Å². The molecule has 0 spiro atoms. The molecule has 0 saturated carbocycles. The summed E-state index contributed by atoms with van der Waals surface area (Å²) in [6, 6.07) is 17.5. The Morgan fingerprint density at radius 3 is 2.48 bits per heavy atom. The second kappa shape index (κ2) is 7.84.